The van der Waals surface area contributed by atoms with Crippen LogP contribution in [-0.2, 0) is 0 Å². The van der Waals surface area contributed by atoms with Crippen molar-refractivity contribution in [3.05, 3.63) is 47.1 Å². The number of aromatic amines is 1. The van der Waals surface area contributed by atoms with E-state index in [4.69, 9.17) is 11.6 Å². The molecule has 0 amide bonds. The van der Waals surface area contributed by atoms with Crippen molar-refractivity contribution in [2.75, 3.05) is 0 Å². The fourth-order valence-electron chi connectivity index (χ4n) is 2.82. The molecule has 0 saturated heterocycles. The van der Waals surface area contributed by atoms with Gasteiger partial charge in [-0.2, -0.15) is 0 Å². The number of alkyl halides is 2. The first-order valence-corrected chi connectivity index (χ1v) is 7.92. The minimum atomic E-state index is -3.62. The monoisotopic (exact) mass is 349 g/mol. The third-order valence-corrected chi connectivity index (χ3v) is 4.38. The first kappa shape index (κ1) is 15.3. The highest BCUT2D eigenvalue weighted by Crippen LogP contribution is 2.44. The summed E-state index contributed by atoms with van der Waals surface area (Å²) in [5.41, 5.74) is 3.48. The molecule has 24 heavy (non-hydrogen) atoms. The number of hydrogen-bond acceptors (Lipinski definition) is 2. The van der Waals surface area contributed by atoms with Gasteiger partial charge in [0.2, 0.25) is 0 Å². The fourth-order valence-corrected chi connectivity index (χ4v) is 3.11. The van der Waals surface area contributed by atoms with E-state index >= 15 is 0 Å². The Bertz CT molecular complexity index is 950. The Balaban J connectivity index is 1.81. The number of hydrogen-bond donors (Lipinski definition) is 1. The van der Waals surface area contributed by atoms with Gasteiger partial charge in [0.15, 0.2) is 11.5 Å². The van der Waals surface area contributed by atoms with Crippen molar-refractivity contribution in [2.45, 2.75) is 26.1 Å². The molecule has 0 saturated carbocycles. The molecule has 4 rings (SSSR count). The van der Waals surface area contributed by atoms with E-state index in [2.05, 4.69) is 34.4 Å². The first-order valence-electron chi connectivity index (χ1n) is 7.55. The zero-order valence-electron chi connectivity index (χ0n) is 13.0. The van der Waals surface area contributed by atoms with E-state index in [1.54, 1.807) is 6.07 Å². The smallest absolute Gasteiger partial charge is 0.395 e. The average molecular weight is 350 g/mol. The standard InChI is InChI=1S/C18H14ClF2NO2/c1-9(2)14-6-11-5-13(19)12(8-15(11)22-14)10-3-4-16-17(7-10)24-18(20,21)23-16/h3-9,22H,1-2H3. The van der Waals surface area contributed by atoms with E-state index in [1.807, 2.05) is 12.1 Å². The van der Waals surface area contributed by atoms with Gasteiger partial charge in [-0.1, -0.05) is 31.5 Å². The summed E-state index contributed by atoms with van der Waals surface area (Å²) in [6, 6.07) is 10.5. The number of benzene rings is 2. The highest BCUT2D eigenvalue weighted by atomic mass is 35.5. The zero-order chi connectivity index (χ0) is 17.1. The summed E-state index contributed by atoms with van der Waals surface area (Å²) >= 11 is 6.40. The topological polar surface area (TPSA) is 34.2 Å². The number of fused-ring (bicyclic) bond motifs is 2. The van der Waals surface area contributed by atoms with Gasteiger partial charge in [-0.15, -0.1) is 8.78 Å². The normalized spacial score (nSPS) is 15.4. The molecule has 6 heteroatoms. The second-order valence-electron chi connectivity index (χ2n) is 6.13. The summed E-state index contributed by atoms with van der Waals surface area (Å²) < 4.78 is 35.3. The van der Waals surface area contributed by atoms with Crippen LogP contribution >= 0.6 is 11.6 Å². The minimum Gasteiger partial charge on any atom is -0.395 e. The van der Waals surface area contributed by atoms with Gasteiger partial charge >= 0.3 is 6.29 Å². The molecular weight excluding hydrogens is 336 g/mol. The predicted octanol–water partition coefficient (Wildman–Crippen LogP) is 5.93. The highest BCUT2D eigenvalue weighted by Gasteiger charge is 2.43. The summed E-state index contributed by atoms with van der Waals surface area (Å²) in [6.07, 6.45) is -3.62. The van der Waals surface area contributed by atoms with E-state index in [0.29, 0.717) is 16.5 Å². The molecule has 0 radical (unpaired) electrons. The molecular formula is C18H14ClF2NO2. The second kappa shape index (κ2) is 5.11. The van der Waals surface area contributed by atoms with Gasteiger partial charge in [0.25, 0.3) is 0 Å². The van der Waals surface area contributed by atoms with Gasteiger partial charge in [-0.3, -0.25) is 0 Å². The summed E-state index contributed by atoms with van der Waals surface area (Å²) in [5.74, 6) is 0.387. The Morgan fingerprint density at radius 3 is 2.54 bits per heavy atom. The lowest BCUT2D eigenvalue weighted by Crippen LogP contribution is -2.25. The van der Waals surface area contributed by atoms with E-state index < -0.39 is 6.29 Å². The Kier molecular flexibility index (Phi) is 3.25. The van der Waals surface area contributed by atoms with Crippen molar-refractivity contribution in [1.82, 2.24) is 4.98 Å². The molecule has 0 unspecified atom stereocenters. The lowest BCUT2D eigenvalue weighted by Gasteiger charge is -2.06. The molecule has 2 aromatic carbocycles. The number of halogens is 3. The molecule has 0 aliphatic carbocycles. The van der Waals surface area contributed by atoms with Gasteiger partial charge in [0, 0.05) is 27.2 Å². The molecule has 1 N–H and O–H groups in total. The van der Waals surface area contributed by atoms with Crippen molar-refractivity contribution < 1.29 is 18.3 Å². The van der Waals surface area contributed by atoms with Crippen molar-refractivity contribution in [3.8, 4) is 22.6 Å². The third-order valence-electron chi connectivity index (χ3n) is 4.06. The summed E-state index contributed by atoms with van der Waals surface area (Å²) in [6.45, 7) is 4.20. The van der Waals surface area contributed by atoms with Crippen LogP contribution in [0.15, 0.2) is 36.4 Å². The van der Waals surface area contributed by atoms with Crippen LogP contribution in [0.3, 0.4) is 0 Å². The van der Waals surface area contributed by atoms with Crippen molar-refractivity contribution in [2.24, 2.45) is 0 Å². The van der Waals surface area contributed by atoms with E-state index in [9.17, 15) is 8.78 Å². The molecule has 0 bridgehead atoms. The quantitative estimate of drug-likeness (QED) is 0.622. The van der Waals surface area contributed by atoms with Crippen LogP contribution in [0, 0.1) is 0 Å². The Morgan fingerprint density at radius 2 is 1.79 bits per heavy atom. The highest BCUT2D eigenvalue weighted by molar-refractivity contribution is 6.34. The molecule has 124 valence electrons. The first-order chi connectivity index (χ1) is 11.3. The van der Waals surface area contributed by atoms with E-state index in [1.165, 1.54) is 12.1 Å². The second-order valence-corrected chi connectivity index (χ2v) is 6.53. The SMILES string of the molecule is CC(C)c1cc2cc(Cl)c(-c3ccc4c(c3)OC(F)(F)O4)cc2[nH]1. The summed E-state index contributed by atoms with van der Waals surface area (Å²) in [7, 11) is 0. The average Bonchev–Trinajstić information content (AvgIpc) is 3.03. The maximum absolute atomic E-state index is 13.2. The minimum absolute atomic E-state index is 0.00280. The van der Waals surface area contributed by atoms with Crippen LogP contribution in [-0.4, -0.2) is 11.3 Å². The molecule has 3 aromatic rings. The lowest BCUT2D eigenvalue weighted by molar-refractivity contribution is -0.286. The molecule has 2 heterocycles. The van der Waals surface area contributed by atoms with Crippen molar-refractivity contribution in [1.29, 1.82) is 0 Å². The largest absolute Gasteiger partial charge is 0.586 e. The molecule has 1 aliphatic rings. The Labute approximate surface area is 142 Å². The third kappa shape index (κ3) is 2.49. The Hall–Kier alpha value is -2.27. The van der Waals surface area contributed by atoms with Crippen molar-refractivity contribution >= 4 is 22.5 Å². The maximum atomic E-state index is 13.2. The molecule has 0 fully saturated rings. The van der Waals surface area contributed by atoms with Crippen LogP contribution in [0.5, 0.6) is 11.5 Å². The lowest BCUT2D eigenvalue weighted by atomic mass is 10.0. The van der Waals surface area contributed by atoms with E-state index in [0.717, 1.165) is 22.2 Å². The van der Waals surface area contributed by atoms with Crippen LogP contribution in [0.4, 0.5) is 8.78 Å². The van der Waals surface area contributed by atoms with Crippen LogP contribution in [0.2, 0.25) is 5.02 Å². The molecule has 3 nitrogen and oxygen atoms in total. The molecule has 1 aromatic heterocycles. The van der Waals surface area contributed by atoms with Gasteiger partial charge in [0.1, 0.15) is 0 Å². The number of H-pyrrole nitrogens is 1. The number of ether oxygens (including phenoxy) is 2. The predicted molar refractivity (Wildman–Crippen MR) is 89.0 cm³/mol. The summed E-state index contributed by atoms with van der Waals surface area (Å²) in [5, 5.41) is 1.56. The fraction of sp³-hybridized carbons (Fsp3) is 0.222. The molecule has 0 atom stereocenters. The van der Waals surface area contributed by atoms with Crippen LogP contribution in [0.1, 0.15) is 25.5 Å². The maximum Gasteiger partial charge on any atom is 0.586 e. The summed E-state index contributed by atoms with van der Waals surface area (Å²) in [4.78, 5) is 3.36. The van der Waals surface area contributed by atoms with E-state index in [-0.39, 0.29) is 11.5 Å². The zero-order valence-corrected chi connectivity index (χ0v) is 13.7. The molecule has 0 spiro atoms. The Morgan fingerprint density at radius 1 is 1.04 bits per heavy atom. The number of aromatic nitrogens is 1. The van der Waals surface area contributed by atoms with Crippen LogP contribution < -0.4 is 9.47 Å². The number of rotatable bonds is 2. The van der Waals surface area contributed by atoms with Gasteiger partial charge in [0.05, 0.1) is 0 Å². The van der Waals surface area contributed by atoms with Gasteiger partial charge in [-0.25, -0.2) is 0 Å². The number of nitrogens with one attached hydrogen (secondary N) is 1. The van der Waals surface area contributed by atoms with Gasteiger partial charge in [-0.05, 0) is 41.8 Å². The van der Waals surface area contributed by atoms with Gasteiger partial charge < -0.3 is 14.5 Å². The molecule has 1 aliphatic heterocycles. The van der Waals surface area contributed by atoms with Crippen LogP contribution in [0.25, 0.3) is 22.0 Å². The van der Waals surface area contributed by atoms with Crippen molar-refractivity contribution in [3.63, 3.8) is 0 Å².